The number of hydrogen-bond acceptors (Lipinski definition) is 4. The molecule has 1 aromatic carbocycles. The quantitative estimate of drug-likeness (QED) is 0.696. The molecule has 2 rings (SSSR count). The number of nitrogens with zero attached hydrogens (tertiary/aromatic N) is 2. The molecule has 2 aromatic rings. The molecule has 0 atom stereocenters. The van der Waals surface area contributed by atoms with Crippen molar-refractivity contribution in [3.63, 3.8) is 0 Å². The van der Waals surface area contributed by atoms with Crippen LogP contribution >= 0.6 is 0 Å². The number of aryl methyl sites for hydroxylation is 1. The van der Waals surface area contributed by atoms with Crippen molar-refractivity contribution in [2.75, 3.05) is 5.32 Å². The summed E-state index contributed by atoms with van der Waals surface area (Å²) in [5.41, 5.74) is -1.02. The number of nitro groups is 1. The van der Waals surface area contributed by atoms with Crippen LogP contribution in [-0.4, -0.2) is 15.8 Å². The number of nitro benzene ring substituents is 1. The summed E-state index contributed by atoms with van der Waals surface area (Å²) in [6.45, 7) is 1.72. The van der Waals surface area contributed by atoms with Crippen LogP contribution in [0.1, 0.15) is 15.9 Å². The first-order valence-electron chi connectivity index (χ1n) is 5.75. The first-order valence-corrected chi connectivity index (χ1v) is 5.75. The molecular formula is C13H9F2N3O3. The van der Waals surface area contributed by atoms with Crippen LogP contribution in [0.4, 0.5) is 20.2 Å². The zero-order valence-electron chi connectivity index (χ0n) is 10.8. The molecule has 1 heterocycles. The van der Waals surface area contributed by atoms with E-state index < -0.39 is 33.7 Å². The fourth-order valence-electron chi connectivity index (χ4n) is 1.71. The van der Waals surface area contributed by atoms with Crippen LogP contribution in [0, 0.1) is 28.7 Å². The minimum atomic E-state index is -1.52. The summed E-state index contributed by atoms with van der Waals surface area (Å²) in [6, 6.07) is 2.87. The largest absolute Gasteiger partial charge is 0.320 e. The van der Waals surface area contributed by atoms with Gasteiger partial charge in [-0.25, -0.2) is 4.39 Å². The second-order valence-electron chi connectivity index (χ2n) is 4.22. The molecule has 21 heavy (non-hydrogen) atoms. The lowest BCUT2D eigenvalue weighted by Crippen LogP contribution is -2.17. The van der Waals surface area contributed by atoms with Gasteiger partial charge in [-0.3, -0.25) is 19.9 Å². The summed E-state index contributed by atoms with van der Waals surface area (Å²) in [6.07, 6.45) is 2.82. The third-order valence-electron chi connectivity index (χ3n) is 2.63. The average molecular weight is 293 g/mol. The summed E-state index contributed by atoms with van der Waals surface area (Å²) in [5.74, 6) is -3.82. The van der Waals surface area contributed by atoms with Gasteiger partial charge in [-0.1, -0.05) is 0 Å². The van der Waals surface area contributed by atoms with Crippen LogP contribution in [0.2, 0.25) is 0 Å². The minimum absolute atomic E-state index is 0.227. The monoisotopic (exact) mass is 293 g/mol. The number of anilines is 1. The average Bonchev–Trinajstić information content (AvgIpc) is 2.38. The van der Waals surface area contributed by atoms with Crippen LogP contribution in [-0.2, 0) is 0 Å². The zero-order valence-corrected chi connectivity index (χ0v) is 10.8. The van der Waals surface area contributed by atoms with E-state index in [1.165, 1.54) is 18.5 Å². The first kappa shape index (κ1) is 14.5. The van der Waals surface area contributed by atoms with E-state index in [0.29, 0.717) is 12.1 Å². The number of aromatic nitrogens is 1. The second kappa shape index (κ2) is 5.61. The molecule has 0 aliphatic heterocycles. The Hall–Kier alpha value is -2.90. The lowest BCUT2D eigenvalue weighted by molar-refractivity contribution is -0.387. The number of halogens is 2. The van der Waals surface area contributed by atoms with Crippen molar-refractivity contribution >= 4 is 17.3 Å². The molecule has 0 aliphatic carbocycles. The molecule has 0 saturated carbocycles. The summed E-state index contributed by atoms with van der Waals surface area (Å²) >= 11 is 0. The summed E-state index contributed by atoms with van der Waals surface area (Å²) < 4.78 is 27.4. The van der Waals surface area contributed by atoms with Crippen LogP contribution in [0.3, 0.4) is 0 Å². The van der Waals surface area contributed by atoms with Gasteiger partial charge in [-0.05, 0) is 24.6 Å². The third-order valence-corrected chi connectivity index (χ3v) is 2.63. The Morgan fingerprint density at radius 3 is 2.67 bits per heavy atom. The smallest absolute Gasteiger partial charge is 0.305 e. The Labute approximate surface area is 117 Å². The predicted octanol–water partition coefficient (Wildman–Crippen LogP) is 2.83. The molecule has 1 amide bonds. The van der Waals surface area contributed by atoms with Gasteiger partial charge >= 0.3 is 5.69 Å². The summed E-state index contributed by atoms with van der Waals surface area (Å²) in [5, 5.41) is 12.9. The number of amides is 1. The fraction of sp³-hybridized carbons (Fsp3) is 0.0769. The number of nitrogens with one attached hydrogen (secondary N) is 1. The van der Waals surface area contributed by atoms with E-state index in [1.54, 1.807) is 6.92 Å². The van der Waals surface area contributed by atoms with Crippen LogP contribution in [0.15, 0.2) is 30.6 Å². The van der Waals surface area contributed by atoms with Crippen LogP contribution < -0.4 is 5.32 Å². The van der Waals surface area contributed by atoms with E-state index in [4.69, 9.17) is 0 Å². The maximum absolute atomic E-state index is 13.9. The highest BCUT2D eigenvalue weighted by Gasteiger charge is 2.26. The van der Waals surface area contributed by atoms with E-state index in [0.717, 1.165) is 5.56 Å². The van der Waals surface area contributed by atoms with Gasteiger partial charge < -0.3 is 5.32 Å². The Morgan fingerprint density at radius 1 is 1.33 bits per heavy atom. The van der Waals surface area contributed by atoms with E-state index in [1.807, 2.05) is 0 Å². The Balaban J connectivity index is 2.39. The molecule has 0 unspecified atom stereocenters. The van der Waals surface area contributed by atoms with E-state index in [-0.39, 0.29) is 5.69 Å². The molecule has 1 aromatic heterocycles. The van der Waals surface area contributed by atoms with Gasteiger partial charge in [0.15, 0.2) is 0 Å². The minimum Gasteiger partial charge on any atom is -0.320 e. The van der Waals surface area contributed by atoms with Crippen molar-refractivity contribution in [3.05, 3.63) is 63.5 Å². The second-order valence-corrected chi connectivity index (χ2v) is 4.22. The van der Waals surface area contributed by atoms with Crippen molar-refractivity contribution in [1.29, 1.82) is 0 Å². The molecule has 0 saturated heterocycles. The lowest BCUT2D eigenvalue weighted by atomic mass is 10.1. The van der Waals surface area contributed by atoms with Gasteiger partial charge in [0.1, 0.15) is 11.4 Å². The van der Waals surface area contributed by atoms with Crippen LogP contribution in [0.5, 0.6) is 0 Å². The Bertz CT molecular complexity index is 735. The molecule has 8 heteroatoms. The molecule has 6 nitrogen and oxygen atoms in total. The fourth-order valence-corrected chi connectivity index (χ4v) is 1.71. The van der Waals surface area contributed by atoms with Crippen molar-refractivity contribution in [1.82, 2.24) is 4.98 Å². The molecule has 108 valence electrons. The number of rotatable bonds is 3. The van der Waals surface area contributed by atoms with Crippen molar-refractivity contribution in [3.8, 4) is 0 Å². The zero-order chi connectivity index (χ0) is 15.6. The van der Waals surface area contributed by atoms with Gasteiger partial charge in [0.25, 0.3) is 5.91 Å². The molecular weight excluding hydrogens is 284 g/mol. The number of pyridine rings is 1. The van der Waals surface area contributed by atoms with E-state index in [2.05, 4.69) is 10.3 Å². The van der Waals surface area contributed by atoms with Gasteiger partial charge in [-0.2, -0.15) is 4.39 Å². The van der Waals surface area contributed by atoms with E-state index >= 15 is 0 Å². The molecule has 0 radical (unpaired) electrons. The SMILES string of the molecule is Cc1cncc(NC(=O)c2c(F)ccc([N+](=O)[O-])c2F)c1. The highest BCUT2D eigenvalue weighted by molar-refractivity contribution is 6.05. The highest BCUT2D eigenvalue weighted by Crippen LogP contribution is 2.24. The standard InChI is InChI=1S/C13H9F2N3O3/c1-7-4-8(6-16-5-7)17-13(19)11-9(14)2-3-10(12(11)15)18(20)21/h2-6H,1H3,(H,17,19). The number of carbonyl (C=O) groups is 1. The molecule has 0 fully saturated rings. The Kier molecular flexibility index (Phi) is 3.88. The molecule has 0 spiro atoms. The number of hydrogen-bond donors (Lipinski definition) is 1. The normalized spacial score (nSPS) is 10.2. The maximum Gasteiger partial charge on any atom is 0.305 e. The summed E-state index contributed by atoms with van der Waals surface area (Å²) in [7, 11) is 0. The third kappa shape index (κ3) is 2.99. The number of benzene rings is 1. The Morgan fingerprint density at radius 2 is 2.05 bits per heavy atom. The molecule has 0 bridgehead atoms. The summed E-state index contributed by atoms with van der Waals surface area (Å²) in [4.78, 5) is 25.3. The van der Waals surface area contributed by atoms with Crippen molar-refractivity contribution in [2.24, 2.45) is 0 Å². The number of carbonyl (C=O) groups excluding carboxylic acids is 1. The van der Waals surface area contributed by atoms with Gasteiger partial charge in [-0.15, -0.1) is 0 Å². The predicted molar refractivity (Wildman–Crippen MR) is 69.9 cm³/mol. The maximum atomic E-state index is 13.9. The van der Waals surface area contributed by atoms with Crippen molar-refractivity contribution in [2.45, 2.75) is 6.92 Å². The van der Waals surface area contributed by atoms with E-state index in [9.17, 15) is 23.7 Å². The molecule has 0 aliphatic rings. The lowest BCUT2D eigenvalue weighted by Gasteiger charge is -2.07. The van der Waals surface area contributed by atoms with Crippen molar-refractivity contribution < 1.29 is 18.5 Å². The van der Waals surface area contributed by atoms with Gasteiger partial charge in [0.05, 0.1) is 16.8 Å². The van der Waals surface area contributed by atoms with Gasteiger partial charge in [0.2, 0.25) is 5.82 Å². The highest BCUT2D eigenvalue weighted by atomic mass is 19.1. The molecule has 1 N–H and O–H groups in total. The van der Waals surface area contributed by atoms with Gasteiger partial charge in [0, 0.05) is 12.3 Å². The first-order chi connectivity index (χ1) is 9.90. The topological polar surface area (TPSA) is 85.1 Å². The van der Waals surface area contributed by atoms with Crippen LogP contribution in [0.25, 0.3) is 0 Å².